The van der Waals surface area contributed by atoms with Gasteiger partial charge in [-0.3, -0.25) is 14.4 Å². The van der Waals surface area contributed by atoms with E-state index < -0.39 is 17.8 Å². The van der Waals surface area contributed by atoms with Crippen LogP contribution in [0.25, 0.3) is 0 Å². The Labute approximate surface area is 114 Å². The van der Waals surface area contributed by atoms with Gasteiger partial charge in [0.1, 0.15) is 13.0 Å². The fourth-order valence-corrected chi connectivity index (χ4v) is 1.45. The summed E-state index contributed by atoms with van der Waals surface area (Å²) in [5, 5.41) is 0. The van der Waals surface area contributed by atoms with Crippen LogP contribution in [-0.2, 0) is 23.9 Å². The molecule has 0 heterocycles. The zero-order chi connectivity index (χ0) is 14.7. The Balaban J connectivity index is 4.41. The molecule has 0 N–H and O–H groups in total. The fraction of sp³-hybridized carbons (Fsp3) is 0.769. The molecule has 0 fully saturated rings. The molecule has 0 atom stereocenters. The summed E-state index contributed by atoms with van der Waals surface area (Å²) in [4.78, 5) is 35.9. The van der Waals surface area contributed by atoms with E-state index in [0.29, 0.717) is 6.54 Å². The second-order valence-corrected chi connectivity index (χ2v) is 3.96. The lowest BCUT2D eigenvalue weighted by molar-refractivity contribution is -0.153. The molecule has 0 unspecified atom stereocenters. The molecule has 1 amide bonds. The van der Waals surface area contributed by atoms with E-state index in [-0.39, 0.29) is 26.2 Å². The molecule has 110 valence electrons. The highest BCUT2D eigenvalue weighted by Gasteiger charge is 2.20. The number of esters is 2. The maximum atomic E-state index is 11.9. The van der Waals surface area contributed by atoms with Crippen LogP contribution in [0.2, 0.25) is 0 Å². The quantitative estimate of drug-likeness (QED) is 0.465. The molecular weight excluding hydrogens is 250 g/mol. The molecule has 0 aromatic rings. The fourth-order valence-electron chi connectivity index (χ4n) is 1.45. The van der Waals surface area contributed by atoms with Crippen LogP contribution in [0.4, 0.5) is 0 Å². The summed E-state index contributed by atoms with van der Waals surface area (Å²) in [7, 11) is 0. The van der Waals surface area contributed by atoms with E-state index in [1.165, 1.54) is 4.90 Å². The molecule has 0 saturated carbocycles. The van der Waals surface area contributed by atoms with Crippen LogP contribution in [0, 0.1) is 0 Å². The van der Waals surface area contributed by atoms with Crippen molar-refractivity contribution in [3.63, 3.8) is 0 Å². The first-order valence-corrected chi connectivity index (χ1v) is 6.64. The molecule has 6 heteroatoms. The van der Waals surface area contributed by atoms with Gasteiger partial charge in [0.25, 0.3) is 0 Å². The normalized spacial score (nSPS) is 9.84. The predicted octanol–water partition coefficient (Wildman–Crippen LogP) is 1.13. The van der Waals surface area contributed by atoms with Gasteiger partial charge in [-0.2, -0.15) is 0 Å². The standard InChI is InChI=1S/C13H23NO5/c1-4-7-8-14(10-13(17)19-6-3)11(15)9-12(16)18-5-2/h4-10H2,1-3H3. The Kier molecular flexibility index (Phi) is 9.48. The number of carbonyl (C=O) groups is 3. The van der Waals surface area contributed by atoms with E-state index in [1.807, 2.05) is 6.92 Å². The summed E-state index contributed by atoms with van der Waals surface area (Å²) < 4.78 is 9.52. The Bertz CT molecular complexity index is 303. The molecule has 0 saturated heterocycles. The van der Waals surface area contributed by atoms with Crippen molar-refractivity contribution < 1.29 is 23.9 Å². The lowest BCUT2D eigenvalue weighted by Crippen LogP contribution is -2.38. The second kappa shape index (κ2) is 10.3. The highest BCUT2D eigenvalue weighted by molar-refractivity contribution is 5.95. The van der Waals surface area contributed by atoms with E-state index in [9.17, 15) is 14.4 Å². The van der Waals surface area contributed by atoms with E-state index in [0.717, 1.165) is 12.8 Å². The SMILES string of the molecule is CCCCN(CC(=O)OCC)C(=O)CC(=O)OCC. The summed E-state index contributed by atoms with van der Waals surface area (Å²) in [5.74, 6) is -1.44. The third-order valence-corrected chi connectivity index (χ3v) is 2.36. The molecule has 19 heavy (non-hydrogen) atoms. The van der Waals surface area contributed by atoms with E-state index in [1.54, 1.807) is 13.8 Å². The van der Waals surface area contributed by atoms with Crippen molar-refractivity contribution in [2.24, 2.45) is 0 Å². The van der Waals surface area contributed by atoms with Crippen molar-refractivity contribution in [1.82, 2.24) is 4.90 Å². The first kappa shape index (κ1) is 17.4. The molecule has 6 nitrogen and oxygen atoms in total. The van der Waals surface area contributed by atoms with Crippen LogP contribution in [-0.4, -0.2) is 49.0 Å². The van der Waals surface area contributed by atoms with Crippen LogP contribution >= 0.6 is 0 Å². The Morgan fingerprint density at radius 1 is 0.947 bits per heavy atom. The first-order valence-electron chi connectivity index (χ1n) is 6.64. The third kappa shape index (κ3) is 8.18. The Hall–Kier alpha value is -1.59. The van der Waals surface area contributed by atoms with Crippen molar-refractivity contribution in [1.29, 1.82) is 0 Å². The van der Waals surface area contributed by atoms with Crippen molar-refractivity contribution in [2.75, 3.05) is 26.3 Å². The molecule has 0 rings (SSSR count). The number of unbranched alkanes of at least 4 members (excludes halogenated alkanes) is 1. The van der Waals surface area contributed by atoms with Crippen molar-refractivity contribution >= 4 is 17.8 Å². The molecule has 0 spiro atoms. The molecule has 0 bridgehead atoms. The summed E-state index contributed by atoms with van der Waals surface area (Å²) >= 11 is 0. The molecular formula is C13H23NO5. The minimum absolute atomic E-state index is 0.119. The van der Waals surface area contributed by atoms with Gasteiger partial charge in [-0.15, -0.1) is 0 Å². The third-order valence-electron chi connectivity index (χ3n) is 2.36. The molecule has 0 aromatic heterocycles. The van der Waals surface area contributed by atoms with Gasteiger partial charge < -0.3 is 14.4 Å². The average molecular weight is 273 g/mol. The van der Waals surface area contributed by atoms with Gasteiger partial charge in [-0.05, 0) is 20.3 Å². The number of rotatable bonds is 9. The van der Waals surface area contributed by atoms with Crippen LogP contribution in [0.1, 0.15) is 40.0 Å². The monoisotopic (exact) mass is 273 g/mol. The zero-order valence-electron chi connectivity index (χ0n) is 11.9. The van der Waals surface area contributed by atoms with Crippen molar-refractivity contribution in [3.05, 3.63) is 0 Å². The summed E-state index contributed by atoms with van der Waals surface area (Å²) in [6, 6.07) is 0. The highest BCUT2D eigenvalue weighted by atomic mass is 16.5. The number of nitrogens with zero attached hydrogens (tertiary/aromatic N) is 1. The minimum atomic E-state index is -0.571. The lowest BCUT2D eigenvalue weighted by atomic mass is 10.3. The van der Waals surface area contributed by atoms with Gasteiger partial charge in [0.15, 0.2) is 0 Å². The van der Waals surface area contributed by atoms with Crippen molar-refractivity contribution in [2.45, 2.75) is 40.0 Å². The Morgan fingerprint density at radius 2 is 1.53 bits per heavy atom. The van der Waals surface area contributed by atoms with Gasteiger partial charge in [0.2, 0.25) is 5.91 Å². The molecule has 0 aliphatic heterocycles. The van der Waals surface area contributed by atoms with E-state index in [2.05, 4.69) is 0 Å². The number of ether oxygens (including phenoxy) is 2. The summed E-state index contributed by atoms with van der Waals surface area (Å²) in [6.07, 6.45) is 1.33. The van der Waals surface area contributed by atoms with Gasteiger partial charge in [0.05, 0.1) is 13.2 Å². The molecule has 0 radical (unpaired) electrons. The summed E-state index contributed by atoms with van der Waals surface area (Å²) in [5.41, 5.74) is 0. The molecule has 0 aromatic carbocycles. The van der Waals surface area contributed by atoms with Gasteiger partial charge >= 0.3 is 11.9 Å². The highest BCUT2D eigenvalue weighted by Crippen LogP contribution is 2.01. The average Bonchev–Trinajstić information content (AvgIpc) is 2.34. The molecule has 0 aliphatic carbocycles. The topological polar surface area (TPSA) is 72.9 Å². The van der Waals surface area contributed by atoms with Crippen LogP contribution in [0.3, 0.4) is 0 Å². The van der Waals surface area contributed by atoms with Gasteiger partial charge in [-0.1, -0.05) is 13.3 Å². The number of amides is 1. The smallest absolute Gasteiger partial charge is 0.325 e. The maximum absolute atomic E-state index is 11.9. The van der Waals surface area contributed by atoms with E-state index >= 15 is 0 Å². The van der Waals surface area contributed by atoms with Gasteiger partial charge in [0, 0.05) is 6.54 Å². The second-order valence-electron chi connectivity index (χ2n) is 3.96. The van der Waals surface area contributed by atoms with Crippen LogP contribution in [0.15, 0.2) is 0 Å². The van der Waals surface area contributed by atoms with Crippen LogP contribution in [0.5, 0.6) is 0 Å². The maximum Gasteiger partial charge on any atom is 0.325 e. The first-order chi connectivity index (χ1) is 9.04. The predicted molar refractivity (Wildman–Crippen MR) is 69.4 cm³/mol. The zero-order valence-corrected chi connectivity index (χ0v) is 11.9. The largest absolute Gasteiger partial charge is 0.466 e. The number of hydrogen-bond acceptors (Lipinski definition) is 5. The summed E-state index contributed by atoms with van der Waals surface area (Å²) in [6.45, 7) is 6.19. The Morgan fingerprint density at radius 3 is 2.05 bits per heavy atom. The van der Waals surface area contributed by atoms with Gasteiger partial charge in [-0.25, -0.2) is 0 Å². The number of hydrogen-bond donors (Lipinski definition) is 0. The van der Waals surface area contributed by atoms with Crippen LogP contribution < -0.4 is 0 Å². The van der Waals surface area contributed by atoms with Crippen molar-refractivity contribution in [3.8, 4) is 0 Å². The molecule has 0 aliphatic rings. The van der Waals surface area contributed by atoms with E-state index in [4.69, 9.17) is 9.47 Å². The lowest BCUT2D eigenvalue weighted by Gasteiger charge is -2.21. The minimum Gasteiger partial charge on any atom is -0.466 e. The number of carbonyl (C=O) groups excluding carboxylic acids is 3.